The average Bonchev–Trinajstić information content (AvgIpc) is 2.52. The van der Waals surface area contributed by atoms with Crippen molar-refractivity contribution in [3.05, 3.63) is 22.8 Å². The molecule has 1 unspecified atom stereocenters. The number of anilines is 1. The normalized spacial score (nSPS) is 17.9. The molecule has 23 heavy (non-hydrogen) atoms. The number of carbonyl (C=O) groups excluding carboxylic acids is 1. The summed E-state index contributed by atoms with van der Waals surface area (Å²) in [6, 6.07) is 0.847. The summed E-state index contributed by atoms with van der Waals surface area (Å²) in [4.78, 5) is 16.9. The number of hydrogen-bond donors (Lipinski definition) is 1. The van der Waals surface area contributed by atoms with Gasteiger partial charge in [0.2, 0.25) is 0 Å². The van der Waals surface area contributed by atoms with Crippen LogP contribution in [0.1, 0.15) is 18.4 Å². The van der Waals surface area contributed by atoms with Crippen molar-refractivity contribution >= 4 is 23.4 Å². The number of piperidine rings is 1. The maximum Gasteiger partial charge on any atom is 0.417 e. The Kier molecular flexibility index (Phi) is 5.36. The van der Waals surface area contributed by atoms with E-state index in [1.165, 1.54) is 7.11 Å². The van der Waals surface area contributed by atoms with Crippen molar-refractivity contribution in [2.24, 2.45) is 5.92 Å². The maximum absolute atomic E-state index is 12.6. The Morgan fingerprint density at radius 2 is 2.09 bits per heavy atom. The van der Waals surface area contributed by atoms with Gasteiger partial charge in [0.15, 0.2) is 6.10 Å². The number of ether oxygens (including phenoxy) is 1. The summed E-state index contributed by atoms with van der Waals surface area (Å²) in [5.74, 6) is -0.674. The largest absolute Gasteiger partial charge is 0.467 e. The van der Waals surface area contributed by atoms with Crippen LogP contribution in [0.2, 0.25) is 5.02 Å². The van der Waals surface area contributed by atoms with Crippen LogP contribution in [-0.2, 0) is 15.7 Å². The third kappa shape index (κ3) is 4.06. The molecule has 1 saturated heterocycles. The van der Waals surface area contributed by atoms with E-state index in [9.17, 15) is 23.1 Å². The number of rotatable bonds is 3. The van der Waals surface area contributed by atoms with E-state index in [0.717, 1.165) is 12.3 Å². The standard InChI is InChI=1S/C14H16ClF3N2O3/c1-23-13(22)11(21)8-2-4-20(5-3-8)12-10(15)6-9(7-19-12)14(16,17)18/h6-8,11,21H,2-5H2,1H3. The molecule has 0 saturated carbocycles. The van der Waals surface area contributed by atoms with Gasteiger partial charge in [-0.25, -0.2) is 9.78 Å². The molecule has 0 radical (unpaired) electrons. The van der Waals surface area contributed by atoms with Crippen LogP contribution in [0.4, 0.5) is 19.0 Å². The minimum Gasteiger partial charge on any atom is -0.467 e. The van der Waals surface area contributed by atoms with E-state index in [4.69, 9.17) is 11.6 Å². The molecule has 1 fully saturated rings. The van der Waals surface area contributed by atoms with Crippen molar-refractivity contribution in [1.82, 2.24) is 4.98 Å². The molecule has 0 spiro atoms. The average molecular weight is 353 g/mol. The van der Waals surface area contributed by atoms with Gasteiger partial charge < -0.3 is 14.7 Å². The fourth-order valence-electron chi connectivity index (χ4n) is 2.56. The highest BCUT2D eigenvalue weighted by molar-refractivity contribution is 6.33. The van der Waals surface area contributed by atoms with E-state index in [1.54, 1.807) is 4.90 Å². The van der Waals surface area contributed by atoms with Gasteiger partial charge in [0.05, 0.1) is 17.7 Å². The number of aliphatic hydroxyl groups excluding tert-OH is 1. The van der Waals surface area contributed by atoms with Gasteiger partial charge in [-0.2, -0.15) is 13.2 Å². The van der Waals surface area contributed by atoms with Crippen molar-refractivity contribution in [2.45, 2.75) is 25.1 Å². The molecule has 1 aromatic heterocycles. The molecule has 0 bridgehead atoms. The summed E-state index contributed by atoms with van der Waals surface area (Å²) in [6.07, 6.45) is -3.98. The molecule has 9 heteroatoms. The topological polar surface area (TPSA) is 62.7 Å². The Bertz CT molecular complexity index is 575. The number of aliphatic hydroxyl groups is 1. The Hall–Kier alpha value is -1.54. The number of nitrogens with zero attached hydrogens (tertiary/aromatic N) is 2. The highest BCUT2D eigenvalue weighted by Crippen LogP contribution is 2.35. The van der Waals surface area contributed by atoms with E-state index in [0.29, 0.717) is 25.9 Å². The predicted octanol–water partition coefficient (Wildman–Crippen LogP) is 2.50. The lowest BCUT2D eigenvalue weighted by Crippen LogP contribution is -2.41. The Morgan fingerprint density at radius 3 is 2.57 bits per heavy atom. The molecule has 1 aliphatic heterocycles. The van der Waals surface area contributed by atoms with Crippen LogP contribution >= 0.6 is 11.6 Å². The molecular weight excluding hydrogens is 337 g/mol. The van der Waals surface area contributed by atoms with Crippen LogP contribution in [0.5, 0.6) is 0 Å². The zero-order valence-corrected chi connectivity index (χ0v) is 13.1. The lowest BCUT2D eigenvalue weighted by atomic mass is 9.91. The van der Waals surface area contributed by atoms with E-state index in [1.807, 2.05) is 0 Å². The zero-order chi connectivity index (χ0) is 17.2. The first-order valence-corrected chi connectivity index (χ1v) is 7.35. The van der Waals surface area contributed by atoms with Crippen molar-refractivity contribution in [3.63, 3.8) is 0 Å². The molecule has 128 valence electrons. The Morgan fingerprint density at radius 1 is 1.48 bits per heavy atom. The van der Waals surface area contributed by atoms with E-state index >= 15 is 0 Å². The number of pyridine rings is 1. The summed E-state index contributed by atoms with van der Waals surface area (Å²) in [5.41, 5.74) is -0.901. The van der Waals surface area contributed by atoms with Gasteiger partial charge in [0.1, 0.15) is 5.82 Å². The number of carbonyl (C=O) groups is 1. The Balaban J connectivity index is 2.04. The van der Waals surface area contributed by atoms with Gasteiger partial charge in [-0.15, -0.1) is 0 Å². The third-order valence-electron chi connectivity index (χ3n) is 3.88. The van der Waals surface area contributed by atoms with Crippen molar-refractivity contribution in [1.29, 1.82) is 0 Å². The fraction of sp³-hybridized carbons (Fsp3) is 0.571. The first-order valence-electron chi connectivity index (χ1n) is 6.97. The second-order valence-corrected chi connectivity index (χ2v) is 5.73. The minimum absolute atomic E-state index is 0.0770. The summed E-state index contributed by atoms with van der Waals surface area (Å²) in [6.45, 7) is 0.855. The van der Waals surface area contributed by atoms with E-state index in [2.05, 4.69) is 9.72 Å². The van der Waals surface area contributed by atoms with Crippen LogP contribution in [0, 0.1) is 5.92 Å². The molecule has 2 heterocycles. The van der Waals surface area contributed by atoms with Crippen molar-refractivity contribution in [2.75, 3.05) is 25.1 Å². The van der Waals surface area contributed by atoms with Gasteiger partial charge in [-0.1, -0.05) is 11.6 Å². The molecule has 2 rings (SSSR count). The van der Waals surface area contributed by atoms with Crippen LogP contribution in [-0.4, -0.2) is 42.4 Å². The Labute approximate surface area is 136 Å². The molecule has 0 aliphatic carbocycles. The van der Waals surface area contributed by atoms with E-state index < -0.39 is 23.8 Å². The molecule has 0 amide bonds. The highest BCUT2D eigenvalue weighted by atomic mass is 35.5. The van der Waals surface area contributed by atoms with Gasteiger partial charge in [0, 0.05) is 19.3 Å². The molecule has 5 nitrogen and oxygen atoms in total. The van der Waals surface area contributed by atoms with Gasteiger partial charge in [-0.3, -0.25) is 0 Å². The summed E-state index contributed by atoms with van der Waals surface area (Å²) in [7, 11) is 1.20. The number of esters is 1. The summed E-state index contributed by atoms with van der Waals surface area (Å²) >= 11 is 5.91. The lowest BCUT2D eigenvalue weighted by Gasteiger charge is -2.34. The highest BCUT2D eigenvalue weighted by Gasteiger charge is 2.34. The second kappa shape index (κ2) is 6.92. The zero-order valence-electron chi connectivity index (χ0n) is 12.3. The minimum atomic E-state index is -4.49. The quantitative estimate of drug-likeness (QED) is 0.847. The number of alkyl halides is 3. The van der Waals surface area contributed by atoms with Gasteiger partial charge in [0.25, 0.3) is 0 Å². The molecule has 1 atom stereocenters. The summed E-state index contributed by atoms with van der Waals surface area (Å²) in [5, 5.41) is 9.74. The van der Waals surface area contributed by atoms with Crippen LogP contribution in [0.15, 0.2) is 12.3 Å². The lowest BCUT2D eigenvalue weighted by molar-refractivity contribution is -0.153. The summed E-state index contributed by atoms with van der Waals surface area (Å²) < 4.78 is 42.3. The molecule has 1 aromatic rings. The van der Waals surface area contributed by atoms with Gasteiger partial charge >= 0.3 is 12.1 Å². The fourth-order valence-corrected chi connectivity index (χ4v) is 2.84. The monoisotopic (exact) mass is 352 g/mol. The number of halogens is 4. The molecule has 0 aromatic carbocycles. The number of aromatic nitrogens is 1. The first kappa shape index (κ1) is 17.8. The third-order valence-corrected chi connectivity index (χ3v) is 4.16. The van der Waals surface area contributed by atoms with Crippen molar-refractivity contribution in [3.8, 4) is 0 Å². The van der Waals surface area contributed by atoms with Crippen LogP contribution < -0.4 is 4.90 Å². The molecule has 1 aliphatic rings. The van der Waals surface area contributed by atoms with Gasteiger partial charge in [-0.05, 0) is 24.8 Å². The number of hydrogen-bond acceptors (Lipinski definition) is 5. The SMILES string of the molecule is COC(=O)C(O)C1CCN(c2ncc(C(F)(F)F)cc2Cl)CC1. The molecule has 1 N–H and O–H groups in total. The number of methoxy groups -OCH3 is 1. The van der Waals surface area contributed by atoms with E-state index in [-0.39, 0.29) is 16.8 Å². The predicted molar refractivity (Wildman–Crippen MR) is 77.2 cm³/mol. The maximum atomic E-state index is 12.6. The van der Waals surface area contributed by atoms with Crippen LogP contribution in [0.3, 0.4) is 0 Å². The second-order valence-electron chi connectivity index (χ2n) is 5.32. The van der Waals surface area contributed by atoms with Crippen LogP contribution in [0.25, 0.3) is 0 Å². The first-order chi connectivity index (χ1) is 10.7. The molecular formula is C14H16ClF3N2O3. The smallest absolute Gasteiger partial charge is 0.417 e. The van der Waals surface area contributed by atoms with Crippen molar-refractivity contribution < 1.29 is 27.8 Å².